The number of allylic oxidation sites excluding steroid dienone is 1. The third-order valence-electron chi connectivity index (χ3n) is 1.68. The molecule has 3 nitrogen and oxygen atoms in total. The molecule has 0 saturated carbocycles. The number of methoxy groups -OCH3 is 1. The van der Waals surface area contributed by atoms with Crippen LogP contribution in [0.3, 0.4) is 0 Å². The number of hydrogen-bond donors (Lipinski definition) is 1. The molecule has 0 aliphatic carbocycles. The van der Waals surface area contributed by atoms with E-state index in [-0.39, 0.29) is 0 Å². The molecular weight excluding hydrogens is 200 g/mol. The van der Waals surface area contributed by atoms with E-state index in [0.717, 1.165) is 5.56 Å². The average molecular weight is 209 g/mol. The average Bonchev–Trinajstić information content (AvgIpc) is 2.19. The van der Waals surface area contributed by atoms with Gasteiger partial charge in [-0.05, 0) is 23.8 Å². The first-order valence-electron chi connectivity index (χ1n) is 3.88. The lowest BCUT2D eigenvalue weighted by Gasteiger charge is -2.06. The molecule has 0 radical (unpaired) electrons. The second kappa shape index (κ2) is 4.54. The van der Waals surface area contributed by atoms with Gasteiger partial charge in [0.2, 0.25) is 0 Å². The highest BCUT2D eigenvalue weighted by atomic mass is 35.5. The number of nitrogens with two attached hydrogens (primary N) is 1. The molecule has 0 aliphatic rings. The van der Waals surface area contributed by atoms with E-state index < -0.39 is 0 Å². The molecule has 1 aromatic carbocycles. The number of nitrogens with zero attached hydrogens (tertiary/aromatic N) is 1. The fourth-order valence-corrected chi connectivity index (χ4v) is 1.23. The molecule has 72 valence electrons. The first-order chi connectivity index (χ1) is 6.69. The number of benzene rings is 1. The molecule has 1 rings (SSSR count). The van der Waals surface area contributed by atoms with Crippen molar-refractivity contribution in [2.75, 3.05) is 12.8 Å². The highest BCUT2D eigenvalue weighted by Gasteiger charge is 2.04. The van der Waals surface area contributed by atoms with Gasteiger partial charge in [0.25, 0.3) is 0 Å². The van der Waals surface area contributed by atoms with Crippen LogP contribution in [0.5, 0.6) is 5.75 Å². The summed E-state index contributed by atoms with van der Waals surface area (Å²) in [6.07, 6.45) is 3.00. The lowest BCUT2D eigenvalue weighted by Crippen LogP contribution is -1.93. The lowest BCUT2D eigenvalue weighted by molar-refractivity contribution is 0.417. The first kappa shape index (κ1) is 10.4. The molecule has 0 heterocycles. The zero-order valence-corrected chi connectivity index (χ0v) is 8.38. The third kappa shape index (κ3) is 2.18. The summed E-state index contributed by atoms with van der Waals surface area (Å²) in [6.45, 7) is 0. The molecule has 2 N–H and O–H groups in total. The Morgan fingerprint density at radius 3 is 2.86 bits per heavy atom. The van der Waals surface area contributed by atoms with Crippen LogP contribution in [0.15, 0.2) is 18.2 Å². The van der Waals surface area contributed by atoms with E-state index in [4.69, 9.17) is 27.3 Å². The third-order valence-corrected chi connectivity index (χ3v) is 2.00. The zero-order valence-electron chi connectivity index (χ0n) is 7.62. The molecule has 0 saturated heterocycles. The molecule has 0 spiro atoms. The fourth-order valence-electron chi connectivity index (χ4n) is 1.01. The maximum Gasteiger partial charge on any atom is 0.143 e. The van der Waals surface area contributed by atoms with Crippen molar-refractivity contribution in [1.29, 1.82) is 5.26 Å². The van der Waals surface area contributed by atoms with Crippen LogP contribution in [0.4, 0.5) is 5.69 Å². The predicted molar refractivity (Wildman–Crippen MR) is 57.1 cm³/mol. The molecule has 4 heteroatoms. The Morgan fingerprint density at radius 2 is 2.29 bits per heavy atom. The largest absolute Gasteiger partial charge is 0.495 e. The van der Waals surface area contributed by atoms with Gasteiger partial charge in [-0.3, -0.25) is 0 Å². The van der Waals surface area contributed by atoms with Crippen molar-refractivity contribution in [3.8, 4) is 11.8 Å². The van der Waals surface area contributed by atoms with E-state index in [9.17, 15) is 0 Å². The van der Waals surface area contributed by atoms with Crippen molar-refractivity contribution in [1.82, 2.24) is 0 Å². The molecule has 1 aromatic rings. The van der Waals surface area contributed by atoms with Crippen LogP contribution in [0.2, 0.25) is 5.02 Å². The fraction of sp³-hybridized carbons (Fsp3) is 0.100. The summed E-state index contributed by atoms with van der Waals surface area (Å²) in [6, 6.07) is 5.28. The molecule has 0 atom stereocenters. The van der Waals surface area contributed by atoms with Gasteiger partial charge in [-0.2, -0.15) is 5.26 Å². The van der Waals surface area contributed by atoms with E-state index in [2.05, 4.69) is 0 Å². The van der Waals surface area contributed by atoms with E-state index in [1.165, 1.54) is 13.2 Å². The summed E-state index contributed by atoms with van der Waals surface area (Å²) in [5.41, 5.74) is 6.83. The molecule has 0 aliphatic heterocycles. The Labute approximate surface area is 87.4 Å². The van der Waals surface area contributed by atoms with E-state index in [1.807, 2.05) is 6.07 Å². The standard InChI is InChI=1S/C10H9ClN2O/c1-14-9-6-7(3-2-4-12)5-8(11)10(9)13/h2-3,5-6H,13H2,1H3/b3-2+. The van der Waals surface area contributed by atoms with Gasteiger partial charge >= 0.3 is 0 Å². The maximum absolute atomic E-state index is 8.35. The predicted octanol–water partition coefficient (Wildman–Crippen LogP) is 2.47. The van der Waals surface area contributed by atoms with Crippen LogP contribution in [-0.2, 0) is 0 Å². The van der Waals surface area contributed by atoms with Crippen LogP contribution in [-0.4, -0.2) is 7.11 Å². The molecule has 0 amide bonds. The number of nitrogen functional groups attached to an aromatic ring is 1. The monoisotopic (exact) mass is 208 g/mol. The van der Waals surface area contributed by atoms with Crippen molar-refractivity contribution in [3.63, 3.8) is 0 Å². The van der Waals surface area contributed by atoms with Crippen LogP contribution >= 0.6 is 11.6 Å². The Hall–Kier alpha value is -1.66. The maximum atomic E-state index is 8.35. The summed E-state index contributed by atoms with van der Waals surface area (Å²) < 4.78 is 5.02. The number of hydrogen-bond acceptors (Lipinski definition) is 3. The van der Waals surface area contributed by atoms with Crippen LogP contribution in [0.1, 0.15) is 5.56 Å². The SMILES string of the molecule is COc1cc(/C=C/C#N)cc(Cl)c1N. The van der Waals surface area contributed by atoms with Gasteiger partial charge in [0.05, 0.1) is 23.9 Å². The number of halogens is 1. The van der Waals surface area contributed by atoms with Gasteiger partial charge in [0.1, 0.15) is 5.75 Å². The number of anilines is 1. The number of rotatable bonds is 2. The minimum Gasteiger partial charge on any atom is -0.495 e. The van der Waals surface area contributed by atoms with Crippen LogP contribution in [0, 0.1) is 11.3 Å². The van der Waals surface area contributed by atoms with E-state index >= 15 is 0 Å². The van der Waals surface area contributed by atoms with Crippen molar-refractivity contribution < 1.29 is 4.74 Å². The van der Waals surface area contributed by atoms with Crippen LogP contribution in [0.25, 0.3) is 6.08 Å². The van der Waals surface area contributed by atoms with Gasteiger partial charge in [-0.1, -0.05) is 11.6 Å². The molecule has 0 bridgehead atoms. The number of nitriles is 1. The minimum atomic E-state index is 0.406. The minimum absolute atomic E-state index is 0.406. The quantitative estimate of drug-likeness (QED) is 0.600. The smallest absolute Gasteiger partial charge is 0.143 e. The van der Waals surface area contributed by atoms with Crippen molar-refractivity contribution >= 4 is 23.4 Å². The Bertz CT molecular complexity index is 407. The first-order valence-corrected chi connectivity index (χ1v) is 4.26. The molecule has 14 heavy (non-hydrogen) atoms. The summed E-state index contributed by atoms with van der Waals surface area (Å²) in [7, 11) is 1.51. The van der Waals surface area contributed by atoms with Gasteiger partial charge in [-0.15, -0.1) is 0 Å². The number of ether oxygens (including phenoxy) is 1. The molecule has 0 fully saturated rings. The second-order valence-electron chi connectivity index (χ2n) is 2.58. The molecule has 0 aromatic heterocycles. The van der Waals surface area contributed by atoms with Crippen LogP contribution < -0.4 is 10.5 Å². The summed E-state index contributed by atoms with van der Waals surface area (Å²) >= 11 is 5.85. The Kier molecular flexibility index (Phi) is 3.38. The summed E-state index contributed by atoms with van der Waals surface area (Å²) in [4.78, 5) is 0. The lowest BCUT2D eigenvalue weighted by atomic mass is 10.2. The van der Waals surface area contributed by atoms with Crippen molar-refractivity contribution in [3.05, 3.63) is 28.8 Å². The van der Waals surface area contributed by atoms with E-state index in [0.29, 0.717) is 16.5 Å². The summed E-state index contributed by atoms with van der Waals surface area (Å²) in [5, 5.41) is 8.77. The van der Waals surface area contributed by atoms with Gasteiger partial charge in [0, 0.05) is 6.08 Å². The highest BCUT2D eigenvalue weighted by molar-refractivity contribution is 6.33. The topological polar surface area (TPSA) is 59.0 Å². The van der Waals surface area contributed by atoms with Crippen molar-refractivity contribution in [2.24, 2.45) is 0 Å². The van der Waals surface area contributed by atoms with E-state index in [1.54, 1.807) is 18.2 Å². The van der Waals surface area contributed by atoms with Crippen molar-refractivity contribution in [2.45, 2.75) is 0 Å². The summed E-state index contributed by atoms with van der Waals surface area (Å²) in [5.74, 6) is 0.509. The molecule has 0 unspecified atom stereocenters. The normalized spacial score (nSPS) is 10.1. The van der Waals surface area contributed by atoms with Gasteiger partial charge in [0.15, 0.2) is 0 Å². The van der Waals surface area contributed by atoms with Gasteiger partial charge in [-0.25, -0.2) is 0 Å². The zero-order chi connectivity index (χ0) is 10.6. The Morgan fingerprint density at radius 1 is 1.57 bits per heavy atom. The second-order valence-corrected chi connectivity index (χ2v) is 2.99. The highest BCUT2D eigenvalue weighted by Crippen LogP contribution is 2.31. The molecular formula is C10H9ClN2O. The Balaban J connectivity index is 3.17. The van der Waals surface area contributed by atoms with Gasteiger partial charge < -0.3 is 10.5 Å².